The molecule has 0 aliphatic rings. The molecule has 0 aliphatic carbocycles. The summed E-state index contributed by atoms with van der Waals surface area (Å²) in [6, 6.07) is 16.7. The van der Waals surface area contributed by atoms with E-state index in [9.17, 15) is 4.79 Å². The quantitative estimate of drug-likeness (QED) is 0.388. The SMILES string of the molecule is N=c1[se]c(C(=O)c2cc3cc(Br)ccc3o2)nn1-c1ccccc1. The average Bonchev–Trinajstić information content (AvgIpc) is 3.18. The second-order valence-corrected chi connectivity index (χ2v) is 8.05. The molecule has 2 aromatic heterocycles. The first-order valence-corrected chi connectivity index (χ1v) is 9.56. The minimum absolute atomic E-state index is 0.256. The Morgan fingerprint density at radius 1 is 1.17 bits per heavy atom. The first-order chi connectivity index (χ1) is 11.6. The predicted octanol–water partition coefficient (Wildman–Crippen LogP) is 3.15. The number of hydrogen-bond acceptors (Lipinski definition) is 4. The van der Waals surface area contributed by atoms with Crippen LogP contribution in [0.4, 0.5) is 0 Å². The molecule has 0 atom stereocenters. The molecule has 118 valence electrons. The number of ketones is 1. The number of hydrogen-bond donors (Lipinski definition) is 1. The molecule has 0 saturated heterocycles. The van der Waals surface area contributed by atoms with Gasteiger partial charge in [0.2, 0.25) is 0 Å². The maximum absolute atomic E-state index is 12.7. The van der Waals surface area contributed by atoms with Crippen LogP contribution in [0.1, 0.15) is 15.1 Å². The van der Waals surface area contributed by atoms with E-state index in [-0.39, 0.29) is 11.5 Å². The van der Waals surface area contributed by atoms with Crippen molar-refractivity contribution in [2.24, 2.45) is 0 Å². The number of nitrogens with zero attached hydrogens (tertiary/aromatic N) is 2. The monoisotopic (exact) mass is 447 g/mol. The first-order valence-electron chi connectivity index (χ1n) is 7.06. The molecule has 0 fully saturated rings. The molecule has 5 nitrogen and oxygen atoms in total. The summed E-state index contributed by atoms with van der Waals surface area (Å²) in [6.07, 6.45) is 0. The Morgan fingerprint density at radius 3 is 2.75 bits per heavy atom. The summed E-state index contributed by atoms with van der Waals surface area (Å²) < 4.78 is 8.77. The number of benzene rings is 2. The van der Waals surface area contributed by atoms with E-state index in [1.165, 1.54) is 4.68 Å². The van der Waals surface area contributed by atoms with Gasteiger partial charge in [-0.2, -0.15) is 0 Å². The molecule has 7 heteroatoms. The Morgan fingerprint density at radius 2 is 1.96 bits per heavy atom. The van der Waals surface area contributed by atoms with E-state index in [0.29, 0.717) is 14.5 Å². The zero-order chi connectivity index (χ0) is 16.7. The molecule has 0 spiro atoms. The number of carbonyl (C=O) groups is 1. The van der Waals surface area contributed by atoms with Crippen molar-refractivity contribution in [2.75, 3.05) is 0 Å². The van der Waals surface area contributed by atoms with E-state index < -0.39 is 14.5 Å². The Bertz CT molecular complexity index is 1110. The van der Waals surface area contributed by atoms with Crippen molar-refractivity contribution >= 4 is 47.2 Å². The molecule has 0 unspecified atom stereocenters. The number of fused-ring (bicyclic) bond motifs is 1. The van der Waals surface area contributed by atoms with Crippen molar-refractivity contribution in [2.45, 2.75) is 0 Å². The van der Waals surface area contributed by atoms with E-state index in [4.69, 9.17) is 9.83 Å². The zero-order valence-corrected chi connectivity index (χ0v) is 15.5. The molecule has 2 aromatic carbocycles. The van der Waals surface area contributed by atoms with Gasteiger partial charge in [0.05, 0.1) is 0 Å². The number of halogens is 1. The molecular formula is C17H10BrN3O2Se. The summed E-state index contributed by atoms with van der Waals surface area (Å²) in [6.45, 7) is 0. The van der Waals surface area contributed by atoms with Crippen LogP contribution < -0.4 is 4.36 Å². The average molecular weight is 447 g/mol. The molecule has 0 bridgehead atoms. The van der Waals surface area contributed by atoms with Crippen molar-refractivity contribution in [3.05, 3.63) is 73.8 Å². The van der Waals surface area contributed by atoms with E-state index in [0.717, 1.165) is 15.5 Å². The van der Waals surface area contributed by atoms with Gasteiger partial charge in [0, 0.05) is 0 Å². The van der Waals surface area contributed by atoms with Gasteiger partial charge >= 0.3 is 151 Å². The van der Waals surface area contributed by atoms with E-state index in [1.54, 1.807) is 6.07 Å². The van der Waals surface area contributed by atoms with Crippen molar-refractivity contribution in [1.29, 1.82) is 5.41 Å². The van der Waals surface area contributed by atoms with Crippen molar-refractivity contribution in [3.63, 3.8) is 0 Å². The van der Waals surface area contributed by atoms with Crippen molar-refractivity contribution in [3.8, 4) is 5.69 Å². The van der Waals surface area contributed by atoms with E-state index in [1.807, 2.05) is 48.5 Å². The van der Waals surface area contributed by atoms with E-state index in [2.05, 4.69) is 21.0 Å². The topological polar surface area (TPSA) is 71.9 Å². The molecule has 0 aliphatic heterocycles. The van der Waals surface area contributed by atoms with Gasteiger partial charge in [-0.05, 0) is 0 Å². The number of aromatic nitrogens is 2. The van der Waals surface area contributed by atoms with Crippen LogP contribution in [-0.2, 0) is 0 Å². The molecule has 2 heterocycles. The molecular weight excluding hydrogens is 437 g/mol. The Labute approximate surface area is 150 Å². The normalized spacial score (nSPS) is 11.0. The van der Waals surface area contributed by atoms with Gasteiger partial charge in [-0.3, -0.25) is 0 Å². The Hall–Kier alpha value is -2.21. The van der Waals surface area contributed by atoms with Crippen LogP contribution >= 0.6 is 15.9 Å². The third kappa shape index (κ3) is 2.71. The number of carbonyl (C=O) groups excluding carboxylic acids is 1. The molecule has 0 radical (unpaired) electrons. The van der Waals surface area contributed by atoms with Crippen LogP contribution in [0.25, 0.3) is 16.7 Å². The standard InChI is InChI=1S/C17H10BrN3O2Se/c18-11-6-7-13-10(8-11)9-14(23-13)15(22)16-20-21(17(19)24-16)12-4-2-1-3-5-12/h1-9,19H. The number of para-hydroxylation sites is 1. The third-order valence-corrected chi connectivity index (χ3v) is 5.70. The molecule has 24 heavy (non-hydrogen) atoms. The summed E-state index contributed by atoms with van der Waals surface area (Å²) in [5.41, 5.74) is 1.43. The van der Waals surface area contributed by atoms with Gasteiger partial charge in [0.15, 0.2) is 0 Å². The van der Waals surface area contributed by atoms with Crippen LogP contribution in [0, 0.1) is 5.41 Å². The second-order valence-electron chi connectivity index (χ2n) is 5.08. The zero-order valence-electron chi connectivity index (χ0n) is 12.2. The number of rotatable bonds is 3. The summed E-state index contributed by atoms with van der Waals surface area (Å²) in [4.78, 5) is 12.7. The molecule has 4 aromatic rings. The van der Waals surface area contributed by atoms with Crippen LogP contribution in [0.5, 0.6) is 0 Å². The Balaban J connectivity index is 1.75. The molecule has 4 rings (SSSR count). The van der Waals surface area contributed by atoms with Crippen LogP contribution in [0.3, 0.4) is 0 Å². The maximum atomic E-state index is 12.7. The first kappa shape index (κ1) is 15.3. The second kappa shape index (κ2) is 6.02. The summed E-state index contributed by atoms with van der Waals surface area (Å²) >= 11 is 2.97. The third-order valence-electron chi connectivity index (χ3n) is 3.47. The predicted molar refractivity (Wildman–Crippen MR) is 93.7 cm³/mol. The van der Waals surface area contributed by atoms with Crippen molar-refractivity contribution in [1.82, 2.24) is 9.78 Å². The summed E-state index contributed by atoms with van der Waals surface area (Å²) in [5, 5.41) is 13.3. The Kier molecular flexibility index (Phi) is 3.84. The summed E-state index contributed by atoms with van der Waals surface area (Å²) in [5.74, 6) is -0.00283. The number of furan rings is 1. The van der Waals surface area contributed by atoms with Gasteiger partial charge in [-0.1, -0.05) is 0 Å². The molecule has 1 N–H and O–H groups in total. The van der Waals surface area contributed by atoms with Crippen molar-refractivity contribution < 1.29 is 9.21 Å². The van der Waals surface area contributed by atoms with Crippen LogP contribution in [-0.4, -0.2) is 30.1 Å². The van der Waals surface area contributed by atoms with Gasteiger partial charge in [0.25, 0.3) is 0 Å². The minimum atomic E-state index is -0.438. The molecule has 0 saturated carbocycles. The van der Waals surface area contributed by atoms with Gasteiger partial charge in [0.1, 0.15) is 0 Å². The van der Waals surface area contributed by atoms with Gasteiger partial charge < -0.3 is 0 Å². The van der Waals surface area contributed by atoms with Crippen LogP contribution in [0.15, 0.2) is 63.5 Å². The summed E-state index contributed by atoms with van der Waals surface area (Å²) in [7, 11) is 0. The van der Waals surface area contributed by atoms with Crippen LogP contribution in [0.2, 0.25) is 0 Å². The number of nitrogens with one attached hydrogen (secondary N) is 1. The fourth-order valence-corrected chi connectivity index (χ4v) is 4.27. The van der Waals surface area contributed by atoms with Gasteiger partial charge in [-0.15, -0.1) is 0 Å². The molecule has 0 amide bonds. The fraction of sp³-hybridized carbons (Fsp3) is 0. The van der Waals surface area contributed by atoms with E-state index >= 15 is 0 Å². The fourth-order valence-electron chi connectivity index (χ4n) is 2.36. The van der Waals surface area contributed by atoms with Gasteiger partial charge in [-0.25, -0.2) is 0 Å².